The molecule has 2 nitrogen and oxygen atoms in total. The van der Waals surface area contributed by atoms with Gasteiger partial charge in [-0.3, -0.25) is 0 Å². The first-order chi connectivity index (χ1) is 10.0. The third kappa shape index (κ3) is 3.23. The first-order valence-electron chi connectivity index (χ1n) is 7.25. The summed E-state index contributed by atoms with van der Waals surface area (Å²) in [5.74, 6) is 0.901. The van der Waals surface area contributed by atoms with Crippen LogP contribution in [0.15, 0.2) is 42.5 Å². The highest BCUT2D eigenvalue weighted by Gasteiger charge is 2.06. The number of nitrogens with zero attached hydrogens (tertiary/aromatic N) is 1. The number of aromatic nitrogens is 1. The van der Waals surface area contributed by atoms with E-state index >= 15 is 0 Å². The summed E-state index contributed by atoms with van der Waals surface area (Å²) in [4.78, 5) is 4.79. The Labute approximate surface area is 138 Å². The molecule has 0 saturated carbocycles. The van der Waals surface area contributed by atoms with Crippen molar-refractivity contribution in [2.24, 2.45) is 0 Å². The van der Waals surface area contributed by atoms with E-state index in [1.807, 2.05) is 0 Å². The molecular formula is C19H21ClN2. The van der Waals surface area contributed by atoms with Crippen LogP contribution in [0.1, 0.15) is 22.3 Å². The molecule has 3 heteroatoms. The van der Waals surface area contributed by atoms with Gasteiger partial charge in [0.05, 0.1) is 5.52 Å². The average molecular weight is 313 g/mol. The Balaban J connectivity index is 0.00000176. The van der Waals surface area contributed by atoms with Crippen LogP contribution >= 0.6 is 12.4 Å². The van der Waals surface area contributed by atoms with E-state index < -0.39 is 0 Å². The highest BCUT2D eigenvalue weighted by atomic mass is 35.5. The molecule has 3 aromatic rings. The van der Waals surface area contributed by atoms with Crippen LogP contribution < -0.4 is 5.32 Å². The fourth-order valence-corrected chi connectivity index (χ4v) is 2.78. The van der Waals surface area contributed by atoms with Gasteiger partial charge in [-0.05, 0) is 68.7 Å². The van der Waals surface area contributed by atoms with E-state index in [4.69, 9.17) is 4.98 Å². The van der Waals surface area contributed by atoms with E-state index in [9.17, 15) is 0 Å². The lowest BCUT2D eigenvalue weighted by atomic mass is 10.0. The maximum absolute atomic E-state index is 4.79. The molecule has 0 unspecified atom stereocenters. The number of hydrogen-bond acceptors (Lipinski definition) is 2. The van der Waals surface area contributed by atoms with Gasteiger partial charge in [-0.15, -0.1) is 12.4 Å². The number of benzene rings is 2. The Kier molecular flexibility index (Phi) is 4.72. The van der Waals surface area contributed by atoms with Gasteiger partial charge in [-0.2, -0.15) is 0 Å². The minimum atomic E-state index is 0. The van der Waals surface area contributed by atoms with Gasteiger partial charge in [0.25, 0.3) is 0 Å². The summed E-state index contributed by atoms with van der Waals surface area (Å²) < 4.78 is 0. The molecule has 0 radical (unpaired) electrons. The highest BCUT2D eigenvalue weighted by molar-refractivity contribution is 5.87. The largest absolute Gasteiger partial charge is 0.340 e. The molecule has 0 aliphatic heterocycles. The normalized spacial score (nSPS) is 10.4. The van der Waals surface area contributed by atoms with E-state index in [0.717, 1.165) is 17.0 Å². The van der Waals surface area contributed by atoms with E-state index in [-0.39, 0.29) is 12.4 Å². The van der Waals surface area contributed by atoms with Crippen LogP contribution in [0.2, 0.25) is 0 Å². The number of anilines is 2. The van der Waals surface area contributed by atoms with E-state index in [2.05, 4.69) is 75.5 Å². The topological polar surface area (TPSA) is 24.9 Å². The summed E-state index contributed by atoms with van der Waals surface area (Å²) in [5.41, 5.74) is 7.15. The Morgan fingerprint density at radius 1 is 0.818 bits per heavy atom. The van der Waals surface area contributed by atoms with Crippen LogP contribution in [0.25, 0.3) is 10.9 Å². The molecule has 0 aliphatic carbocycles. The zero-order valence-electron chi connectivity index (χ0n) is 13.4. The minimum Gasteiger partial charge on any atom is -0.340 e. The molecule has 0 bridgehead atoms. The molecule has 114 valence electrons. The average Bonchev–Trinajstić information content (AvgIpc) is 2.40. The zero-order chi connectivity index (χ0) is 15.0. The molecule has 22 heavy (non-hydrogen) atoms. The standard InChI is InChI=1S/C19H20N2.ClH/c1-12-6-5-7-16(9-12)20-18-11-14(3)17-10-13(2)8-15(4)19(17)21-18;/h5-11H,1-4H3,(H,20,21);1H. The summed E-state index contributed by atoms with van der Waals surface area (Å²) in [6.45, 7) is 8.49. The Hall–Kier alpha value is -2.06. The van der Waals surface area contributed by atoms with Gasteiger partial charge in [0, 0.05) is 11.1 Å². The molecule has 1 aromatic heterocycles. The fourth-order valence-electron chi connectivity index (χ4n) is 2.78. The molecule has 2 aromatic carbocycles. The molecule has 1 N–H and O–H groups in total. The van der Waals surface area contributed by atoms with Crippen molar-refractivity contribution in [3.8, 4) is 0 Å². The summed E-state index contributed by atoms with van der Waals surface area (Å²) in [5, 5.41) is 4.65. The molecular weight excluding hydrogens is 292 g/mol. The lowest BCUT2D eigenvalue weighted by molar-refractivity contribution is 1.30. The number of fused-ring (bicyclic) bond motifs is 1. The predicted molar refractivity (Wildman–Crippen MR) is 97.7 cm³/mol. The first kappa shape index (κ1) is 16.3. The van der Waals surface area contributed by atoms with Crippen LogP contribution in [0.5, 0.6) is 0 Å². The SMILES string of the molecule is Cc1cccc(Nc2cc(C)c3cc(C)cc(C)c3n2)c1.Cl. The number of hydrogen-bond donors (Lipinski definition) is 1. The Morgan fingerprint density at radius 3 is 2.32 bits per heavy atom. The molecule has 0 fully saturated rings. The van der Waals surface area contributed by atoms with Crippen LogP contribution in [-0.4, -0.2) is 4.98 Å². The lowest BCUT2D eigenvalue weighted by Crippen LogP contribution is -1.97. The molecule has 1 heterocycles. The molecule has 3 rings (SSSR count). The summed E-state index contributed by atoms with van der Waals surface area (Å²) >= 11 is 0. The summed E-state index contributed by atoms with van der Waals surface area (Å²) in [6.07, 6.45) is 0. The van der Waals surface area contributed by atoms with Crippen molar-refractivity contribution in [3.63, 3.8) is 0 Å². The van der Waals surface area contributed by atoms with Crippen molar-refractivity contribution >= 4 is 34.8 Å². The third-order valence-electron chi connectivity index (χ3n) is 3.75. The molecule has 0 aliphatic rings. The number of nitrogens with one attached hydrogen (secondary N) is 1. The third-order valence-corrected chi connectivity index (χ3v) is 3.75. The van der Waals surface area contributed by atoms with Crippen molar-refractivity contribution in [2.75, 3.05) is 5.32 Å². The fraction of sp³-hybridized carbons (Fsp3) is 0.211. The van der Waals surface area contributed by atoms with Crippen LogP contribution in [-0.2, 0) is 0 Å². The lowest BCUT2D eigenvalue weighted by Gasteiger charge is -2.12. The maximum Gasteiger partial charge on any atom is 0.131 e. The Morgan fingerprint density at radius 2 is 1.59 bits per heavy atom. The molecule has 0 atom stereocenters. The monoisotopic (exact) mass is 312 g/mol. The maximum atomic E-state index is 4.79. The van der Waals surface area contributed by atoms with E-state index in [1.54, 1.807) is 0 Å². The number of halogens is 1. The smallest absolute Gasteiger partial charge is 0.131 e. The van der Waals surface area contributed by atoms with Crippen LogP contribution in [0, 0.1) is 27.7 Å². The molecule has 0 saturated heterocycles. The van der Waals surface area contributed by atoms with Gasteiger partial charge in [0.2, 0.25) is 0 Å². The van der Waals surface area contributed by atoms with Crippen molar-refractivity contribution in [1.29, 1.82) is 0 Å². The molecule has 0 spiro atoms. The minimum absolute atomic E-state index is 0. The quantitative estimate of drug-likeness (QED) is 0.663. The van der Waals surface area contributed by atoms with Gasteiger partial charge in [-0.25, -0.2) is 4.98 Å². The number of rotatable bonds is 2. The van der Waals surface area contributed by atoms with E-state index in [1.165, 1.54) is 27.6 Å². The highest BCUT2D eigenvalue weighted by Crippen LogP contribution is 2.26. The first-order valence-corrected chi connectivity index (χ1v) is 7.25. The van der Waals surface area contributed by atoms with Crippen LogP contribution in [0.3, 0.4) is 0 Å². The summed E-state index contributed by atoms with van der Waals surface area (Å²) in [7, 11) is 0. The van der Waals surface area contributed by atoms with Crippen molar-refractivity contribution in [1.82, 2.24) is 4.98 Å². The van der Waals surface area contributed by atoms with Gasteiger partial charge < -0.3 is 5.32 Å². The Bertz CT molecular complexity index is 825. The van der Waals surface area contributed by atoms with Crippen molar-refractivity contribution in [2.45, 2.75) is 27.7 Å². The second-order valence-corrected chi connectivity index (χ2v) is 5.80. The second-order valence-electron chi connectivity index (χ2n) is 5.80. The summed E-state index contributed by atoms with van der Waals surface area (Å²) in [6, 6.07) is 14.9. The number of aryl methyl sites for hydroxylation is 4. The van der Waals surface area contributed by atoms with Crippen LogP contribution in [0.4, 0.5) is 11.5 Å². The van der Waals surface area contributed by atoms with Gasteiger partial charge in [-0.1, -0.05) is 23.8 Å². The van der Waals surface area contributed by atoms with Crippen molar-refractivity contribution in [3.05, 3.63) is 64.7 Å². The van der Waals surface area contributed by atoms with Gasteiger partial charge >= 0.3 is 0 Å². The van der Waals surface area contributed by atoms with E-state index in [0.29, 0.717) is 0 Å². The zero-order valence-corrected chi connectivity index (χ0v) is 14.2. The van der Waals surface area contributed by atoms with Gasteiger partial charge in [0.1, 0.15) is 5.82 Å². The predicted octanol–water partition coefficient (Wildman–Crippen LogP) is 5.63. The number of pyridine rings is 1. The van der Waals surface area contributed by atoms with Gasteiger partial charge in [0.15, 0.2) is 0 Å². The van der Waals surface area contributed by atoms with Crippen molar-refractivity contribution < 1.29 is 0 Å². The second kappa shape index (κ2) is 6.37. The molecule has 0 amide bonds.